The van der Waals surface area contributed by atoms with Crippen molar-refractivity contribution in [2.24, 2.45) is 0 Å². The minimum Gasteiger partial charge on any atom is -0.508 e. The molecule has 2 rings (SSSR count). The molecule has 1 aromatic heterocycles. The summed E-state index contributed by atoms with van der Waals surface area (Å²) in [7, 11) is 0. The number of fused-ring (bicyclic) bond motifs is 1. The monoisotopic (exact) mass is 197 g/mol. The van der Waals surface area contributed by atoms with Crippen LogP contribution in [0.3, 0.4) is 0 Å². The van der Waals surface area contributed by atoms with E-state index < -0.39 is 0 Å². The molecule has 74 valence electrons. The smallest absolute Gasteiger partial charge is 0.120 e. The maximum atomic E-state index is 9.53. The third-order valence-corrected chi connectivity index (χ3v) is 2.45. The standard InChI is InChI=1S/C13H11NO/c1-3-9-7-11(15)8-10-5-6-14-12(4-2)13(9)10/h2,5-8,15H,3H2,1H3. The normalized spacial score (nSPS) is 10.1. The van der Waals surface area contributed by atoms with Gasteiger partial charge in [-0.15, -0.1) is 6.42 Å². The minimum atomic E-state index is 0.272. The van der Waals surface area contributed by atoms with Crippen molar-refractivity contribution < 1.29 is 5.11 Å². The highest BCUT2D eigenvalue weighted by molar-refractivity contribution is 5.90. The van der Waals surface area contributed by atoms with E-state index in [1.54, 1.807) is 18.3 Å². The molecule has 0 aliphatic heterocycles. The van der Waals surface area contributed by atoms with E-state index in [1.807, 2.05) is 13.0 Å². The zero-order chi connectivity index (χ0) is 10.8. The summed E-state index contributed by atoms with van der Waals surface area (Å²) in [4.78, 5) is 4.15. The summed E-state index contributed by atoms with van der Waals surface area (Å²) in [5.41, 5.74) is 1.68. The number of aryl methyl sites for hydroxylation is 1. The van der Waals surface area contributed by atoms with Gasteiger partial charge in [0.25, 0.3) is 0 Å². The molecule has 0 radical (unpaired) electrons. The van der Waals surface area contributed by atoms with Crippen molar-refractivity contribution >= 4 is 10.8 Å². The molecule has 15 heavy (non-hydrogen) atoms. The van der Waals surface area contributed by atoms with Gasteiger partial charge < -0.3 is 5.11 Å². The molecule has 0 saturated carbocycles. The van der Waals surface area contributed by atoms with Crippen molar-refractivity contribution in [1.82, 2.24) is 4.98 Å². The topological polar surface area (TPSA) is 33.1 Å². The molecule has 0 bridgehead atoms. The van der Waals surface area contributed by atoms with E-state index in [0.717, 1.165) is 22.8 Å². The van der Waals surface area contributed by atoms with Gasteiger partial charge in [-0.05, 0) is 41.5 Å². The molecule has 0 aliphatic carbocycles. The van der Waals surface area contributed by atoms with Gasteiger partial charge in [-0.1, -0.05) is 6.92 Å². The third kappa shape index (κ3) is 1.53. The van der Waals surface area contributed by atoms with E-state index in [1.165, 1.54) is 0 Å². The number of nitrogens with zero attached hydrogens (tertiary/aromatic N) is 1. The van der Waals surface area contributed by atoms with E-state index in [0.29, 0.717) is 5.69 Å². The second kappa shape index (κ2) is 3.62. The van der Waals surface area contributed by atoms with Crippen molar-refractivity contribution in [2.75, 3.05) is 0 Å². The fourth-order valence-corrected chi connectivity index (χ4v) is 1.77. The number of rotatable bonds is 1. The van der Waals surface area contributed by atoms with Gasteiger partial charge in [0.15, 0.2) is 0 Å². The quantitative estimate of drug-likeness (QED) is 0.712. The zero-order valence-corrected chi connectivity index (χ0v) is 8.49. The van der Waals surface area contributed by atoms with Crippen molar-refractivity contribution in [2.45, 2.75) is 13.3 Å². The number of phenolic OH excluding ortho intramolecular Hbond substituents is 1. The Bertz CT molecular complexity index is 552. The summed E-state index contributed by atoms with van der Waals surface area (Å²) < 4.78 is 0. The summed E-state index contributed by atoms with van der Waals surface area (Å²) >= 11 is 0. The molecule has 0 amide bonds. The lowest BCUT2D eigenvalue weighted by atomic mass is 10.0. The van der Waals surface area contributed by atoms with Crippen molar-refractivity contribution in [3.63, 3.8) is 0 Å². The van der Waals surface area contributed by atoms with E-state index in [2.05, 4.69) is 10.9 Å². The Kier molecular flexibility index (Phi) is 2.31. The molecule has 2 aromatic rings. The van der Waals surface area contributed by atoms with E-state index in [4.69, 9.17) is 6.42 Å². The number of hydrogen-bond donors (Lipinski definition) is 1. The average Bonchev–Trinajstić information content (AvgIpc) is 2.26. The molecular formula is C13H11NO. The van der Waals surface area contributed by atoms with Crippen LogP contribution >= 0.6 is 0 Å². The van der Waals surface area contributed by atoms with Crippen LogP contribution in [-0.4, -0.2) is 10.1 Å². The highest BCUT2D eigenvalue weighted by atomic mass is 16.3. The van der Waals surface area contributed by atoms with Crippen LogP contribution in [0.4, 0.5) is 0 Å². The van der Waals surface area contributed by atoms with Gasteiger partial charge >= 0.3 is 0 Å². The predicted molar refractivity (Wildman–Crippen MR) is 60.7 cm³/mol. The summed E-state index contributed by atoms with van der Waals surface area (Å²) in [5.74, 6) is 2.84. The largest absolute Gasteiger partial charge is 0.508 e. The molecule has 1 heterocycles. The second-order valence-electron chi connectivity index (χ2n) is 3.36. The van der Waals surface area contributed by atoms with Crippen molar-refractivity contribution in [3.8, 4) is 18.1 Å². The number of aromatic hydroxyl groups is 1. The SMILES string of the molecule is C#Cc1nccc2cc(O)cc(CC)c12. The Morgan fingerprint density at radius 3 is 2.93 bits per heavy atom. The second-order valence-corrected chi connectivity index (χ2v) is 3.36. The first kappa shape index (κ1) is 9.54. The van der Waals surface area contributed by atoms with Crippen LogP contribution in [0.5, 0.6) is 5.75 Å². The maximum absolute atomic E-state index is 9.53. The Balaban J connectivity index is 2.92. The van der Waals surface area contributed by atoms with Gasteiger partial charge in [0.2, 0.25) is 0 Å². The summed E-state index contributed by atoms with van der Waals surface area (Å²) in [5, 5.41) is 11.4. The lowest BCUT2D eigenvalue weighted by Gasteiger charge is -2.06. The van der Waals surface area contributed by atoms with E-state index in [9.17, 15) is 5.11 Å². The van der Waals surface area contributed by atoms with Crippen LogP contribution in [0.1, 0.15) is 18.2 Å². The Morgan fingerprint density at radius 2 is 2.27 bits per heavy atom. The van der Waals surface area contributed by atoms with Crippen LogP contribution in [0.2, 0.25) is 0 Å². The highest BCUT2D eigenvalue weighted by Crippen LogP contribution is 2.26. The van der Waals surface area contributed by atoms with Gasteiger partial charge in [0.05, 0.1) is 0 Å². The number of benzene rings is 1. The van der Waals surface area contributed by atoms with Crippen LogP contribution in [0.25, 0.3) is 10.8 Å². The number of pyridine rings is 1. The summed E-state index contributed by atoms with van der Waals surface area (Å²) in [6.45, 7) is 2.03. The molecule has 0 spiro atoms. The molecule has 1 N–H and O–H groups in total. The zero-order valence-electron chi connectivity index (χ0n) is 8.49. The number of phenols is 1. The molecule has 1 aromatic carbocycles. The van der Waals surface area contributed by atoms with Crippen molar-refractivity contribution in [3.05, 3.63) is 35.7 Å². The molecule has 0 saturated heterocycles. The van der Waals surface area contributed by atoms with Gasteiger partial charge in [-0.2, -0.15) is 0 Å². The van der Waals surface area contributed by atoms with Crippen LogP contribution in [0.15, 0.2) is 24.4 Å². The minimum absolute atomic E-state index is 0.272. The predicted octanol–water partition coefficient (Wildman–Crippen LogP) is 2.48. The van der Waals surface area contributed by atoms with Crippen LogP contribution < -0.4 is 0 Å². The number of aromatic nitrogens is 1. The Hall–Kier alpha value is -2.01. The first-order valence-corrected chi connectivity index (χ1v) is 4.83. The van der Waals surface area contributed by atoms with E-state index >= 15 is 0 Å². The molecule has 2 nitrogen and oxygen atoms in total. The van der Waals surface area contributed by atoms with Crippen LogP contribution in [-0.2, 0) is 6.42 Å². The molecule has 0 fully saturated rings. The first-order valence-electron chi connectivity index (χ1n) is 4.83. The summed E-state index contributed by atoms with van der Waals surface area (Å²) in [6, 6.07) is 5.30. The van der Waals surface area contributed by atoms with Crippen LogP contribution in [0, 0.1) is 12.3 Å². The van der Waals surface area contributed by atoms with Gasteiger partial charge in [0.1, 0.15) is 11.4 Å². The molecule has 0 aliphatic rings. The molecule has 2 heteroatoms. The van der Waals surface area contributed by atoms with Gasteiger partial charge in [-0.3, -0.25) is 0 Å². The maximum Gasteiger partial charge on any atom is 0.120 e. The van der Waals surface area contributed by atoms with Gasteiger partial charge in [-0.25, -0.2) is 4.98 Å². The number of hydrogen-bond acceptors (Lipinski definition) is 2. The lowest BCUT2D eigenvalue weighted by Crippen LogP contribution is -1.90. The third-order valence-electron chi connectivity index (χ3n) is 2.45. The van der Waals surface area contributed by atoms with Crippen molar-refractivity contribution in [1.29, 1.82) is 0 Å². The Morgan fingerprint density at radius 1 is 1.47 bits per heavy atom. The first-order chi connectivity index (χ1) is 7.26. The molecule has 0 atom stereocenters. The summed E-state index contributed by atoms with van der Waals surface area (Å²) in [6.07, 6.45) is 7.89. The number of terminal acetylenes is 1. The average molecular weight is 197 g/mol. The fourth-order valence-electron chi connectivity index (χ4n) is 1.77. The fraction of sp³-hybridized carbons (Fsp3) is 0.154. The highest BCUT2D eigenvalue weighted by Gasteiger charge is 2.06. The Labute approximate surface area is 88.6 Å². The molecule has 0 unspecified atom stereocenters. The lowest BCUT2D eigenvalue weighted by molar-refractivity contribution is 0.475. The molecular weight excluding hydrogens is 186 g/mol. The van der Waals surface area contributed by atoms with E-state index in [-0.39, 0.29) is 5.75 Å². The van der Waals surface area contributed by atoms with Gasteiger partial charge in [0, 0.05) is 11.6 Å².